The van der Waals surface area contributed by atoms with E-state index in [9.17, 15) is 14.4 Å². The predicted octanol–water partition coefficient (Wildman–Crippen LogP) is 4.22. The van der Waals surface area contributed by atoms with Crippen molar-refractivity contribution in [1.29, 1.82) is 0 Å². The van der Waals surface area contributed by atoms with E-state index >= 15 is 0 Å². The molecule has 0 aliphatic rings. The van der Waals surface area contributed by atoms with Crippen LogP contribution in [0, 0.1) is 0 Å². The van der Waals surface area contributed by atoms with E-state index in [1.807, 2.05) is 36.4 Å². The van der Waals surface area contributed by atoms with Crippen molar-refractivity contribution in [3.05, 3.63) is 71.8 Å². The molecule has 2 rings (SSSR count). The Kier molecular flexibility index (Phi) is 9.73. The fourth-order valence-corrected chi connectivity index (χ4v) is 2.89. The van der Waals surface area contributed by atoms with Crippen molar-refractivity contribution >= 4 is 18.0 Å². The molecular formula is C25H32N2O5. The molecule has 0 spiro atoms. The molecule has 0 saturated heterocycles. The topological polar surface area (TPSA) is 93.7 Å². The molecule has 2 aromatic rings. The average Bonchev–Trinajstić information content (AvgIpc) is 2.76. The normalized spacial score (nSPS) is 11.8. The molecule has 0 aliphatic carbocycles. The lowest BCUT2D eigenvalue weighted by Gasteiger charge is -2.24. The Bertz CT molecular complexity index is 863. The van der Waals surface area contributed by atoms with Crippen molar-refractivity contribution in [3.8, 4) is 0 Å². The minimum Gasteiger partial charge on any atom is -0.458 e. The van der Waals surface area contributed by atoms with Crippen LogP contribution in [0.4, 0.5) is 4.79 Å². The number of amides is 2. The first-order valence-electron chi connectivity index (χ1n) is 10.8. The minimum atomic E-state index is -0.771. The number of hydrogen-bond acceptors (Lipinski definition) is 5. The van der Waals surface area contributed by atoms with Gasteiger partial charge in [0.2, 0.25) is 0 Å². The van der Waals surface area contributed by atoms with Crippen LogP contribution in [0.25, 0.3) is 0 Å². The number of benzene rings is 2. The fraction of sp³-hybridized carbons (Fsp3) is 0.400. The van der Waals surface area contributed by atoms with Gasteiger partial charge in [0.25, 0.3) is 5.91 Å². The molecule has 7 heteroatoms. The van der Waals surface area contributed by atoms with Gasteiger partial charge in [-0.2, -0.15) is 0 Å². The van der Waals surface area contributed by atoms with Crippen LogP contribution in [-0.4, -0.2) is 36.2 Å². The van der Waals surface area contributed by atoms with Gasteiger partial charge in [-0.05, 0) is 57.7 Å². The zero-order chi connectivity index (χ0) is 23.4. The van der Waals surface area contributed by atoms with E-state index in [0.717, 1.165) is 5.56 Å². The van der Waals surface area contributed by atoms with E-state index in [0.29, 0.717) is 31.4 Å². The lowest BCUT2D eigenvalue weighted by Crippen LogP contribution is -2.44. The summed E-state index contributed by atoms with van der Waals surface area (Å²) in [5, 5.41) is 5.46. The largest absolute Gasteiger partial charge is 0.458 e. The number of alkyl carbamates (subject to hydrolysis) is 1. The highest BCUT2D eigenvalue weighted by Crippen LogP contribution is 2.12. The number of carbonyl (C=O) groups excluding carboxylic acids is 3. The molecule has 0 aromatic heterocycles. The molecular weight excluding hydrogens is 408 g/mol. The van der Waals surface area contributed by atoms with E-state index in [2.05, 4.69) is 10.6 Å². The molecule has 2 amide bonds. The van der Waals surface area contributed by atoms with Gasteiger partial charge in [0.15, 0.2) is 0 Å². The third kappa shape index (κ3) is 9.64. The Hall–Kier alpha value is -3.35. The van der Waals surface area contributed by atoms with Gasteiger partial charge in [0, 0.05) is 12.1 Å². The van der Waals surface area contributed by atoms with Crippen LogP contribution in [-0.2, 0) is 20.9 Å². The van der Waals surface area contributed by atoms with Crippen LogP contribution in [0.5, 0.6) is 0 Å². The maximum atomic E-state index is 12.6. The van der Waals surface area contributed by atoms with Crippen LogP contribution in [0.1, 0.15) is 56.0 Å². The van der Waals surface area contributed by atoms with E-state index in [4.69, 9.17) is 9.47 Å². The molecule has 1 atom stereocenters. The molecule has 32 heavy (non-hydrogen) atoms. The van der Waals surface area contributed by atoms with Gasteiger partial charge in [0.05, 0.1) is 0 Å². The van der Waals surface area contributed by atoms with Crippen molar-refractivity contribution in [2.24, 2.45) is 0 Å². The molecule has 7 nitrogen and oxygen atoms in total. The van der Waals surface area contributed by atoms with Crippen molar-refractivity contribution < 1.29 is 23.9 Å². The quantitative estimate of drug-likeness (QED) is 0.426. The van der Waals surface area contributed by atoms with Crippen LogP contribution in [0.2, 0.25) is 0 Å². The smallest absolute Gasteiger partial charge is 0.407 e. The molecule has 0 bridgehead atoms. The van der Waals surface area contributed by atoms with Gasteiger partial charge in [0.1, 0.15) is 18.2 Å². The fourth-order valence-electron chi connectivity index (χ4n) is 2.89. The summed E-state index contributed by atoms with van der Waals surface area (Å²) in [7, 11) is 0. The molecule has 2 aromatic carbocycles. The Morgan fingerprint density at radius 3 is 2.16 bits per heavy atom. The molecule has 0 unspecified atom stereocenters. The van der Waals surface area contributed by atoms with Crippen molar-refractivity contribution in [2.45, 2.75) is 58.3 Å². The number of hydrogen-bond donors (Lipinski definition) is 2. The number of esters is 1. The van der Waals surface area contributed by atoms with Gasteiger partial charge in [-0.1, -0.05) is 48.5 Å². The highest BCUT2D eigenvalue weighted by atomic mass is 16.6. The second-order valence-corrected chi connectivity index (χ2v) is 8.41. The Labute approximate surface area is 189 Å². The molecule has 172 valence electrons. The summed E-state index contributed by atoms with van der Waals surface area (Å²) >= 11 is 0. The van der Waals surface area contributed by atoms with Crippen molar-refractivity contribution in [3.63, 3.8) is 0 Å². The lowest BCUT2D eigenvalue weighted by atomic mass is 10.1. The maximum Gasteiger partial charge on any atom is 0.407 e. The number of rotatable bonds is 10. The van der Waals surface area contributed by atoms with E-state index < -0.39 is 23.7 Å². The first-order chi connectivity index (χ1) is 15.2. The van der Waals surface area contributed by atoms with Gasteiger partial charge < -0.3 is 20.1 Å². The Balaban J connectivity index is 1.78. The number of nitrogens with one attached hydrogen (secondary N) is 2. The Morgan fingerprint density at radius 2 is 1.53 bits per heavy atom. The number of ether oxygens (including phenoxy) is 2. The summed E-state index contributed by atoms with van der Waals surface area (Å²) in [5.74, 6) is -0.805. The summed E-state index contributed by atoms with van der Waals surface area (Å²) in [5.41, 5.74) is 0.734. The van der Waals surface area contributed by atoms with Gasteiger partial charge in [-0.15, -0.1) is 0 Å². The number of carbonyl (C=O) groups is 3. The first kappa shape index (κ1) is 24.9. The summed E-state index contributed by atoms with van der Waals surface area (Å²) in [6, 6.07) is 17.4. The van der Waals surface area contributed by atoms with Crippen LogP contribution >= 0.6 is 0 Å². The van der Waals surface area contributed by atoms with E-state index in [-0.39, 0.29) is 12.5 Å². The molecule has 0 fully saturated rings. The molecule has 2 N–H and O–H groups in total. The zero-order valence-corrected chi connectivity index (χ0v) is 18.9. The first-order valence-corrected chi connectivity index (χ1v) is 10.8. The summed E-state index contributed by atoms with van der Waals surface area (Å²) in [6.07, 6.45) is 1.14. The highest BCUT2D eigenvalue weighted by Gasteiger charge is 2.26. The zero-order valence-electron chi connectivity index (χ0n) is 18.9. The molecule has 0 heterocycles. The maximum absolute atomic E-state index is 12.6. The summed E-state index contributed by atoms with van der Waals surface area (Å²) in [4.78, 5) is 36.9. The second kappa shape index (κ2) is 12.5. The minimum absolute atomic E-state index is 0.207. The van der Waals surface area contributed by atoms with E-state index in [1.54, 1.807) is 45.0 Å². The average molecular weight is 441 g/mol. The number of unbranched alkanes of at least 4 members (excludes halogenated alkanes) is 1. The third-order valence-corrected chi connectivity index (χ3v) is 4.43. The standard InChI is InChI=1S/C25H32N2O5/c1-25(2,3)32-23(29)21(27-22(28)20-14-8-5-9-15-20)16-10-11-17-26-24(30)31-18-19-12-6-4-7-13-19/h4-9,12-15,21H,10-11,16-18H2,1-3H3,(H,26,30)(H,27,28)/t21-/m0/s1. The second-order valence-electron chi connectivity index (χ2n) is 8.41. The monoisotopic (exact) mass is 440 g/mol. The highest BCUT2D eigenvalue weighted by molar-refractivity contribution is 5.96. The van der Waals surface area contributed by atoms with Gasteiger partial charge in [-0.25, -0.2) is 9.59 Å². The molecule has 0 radical (unpaired) electrons. The van der Waals surface area contributed by atoms with Crippen molar-refractivity contribution in [2.75, 3.05) is 6.54 Å². The lowest BCUT2D eigenvalue weighted by molar-refractivity contribution is -0.157. The third-order valence-electron chi connectivity index (χ3n) is 4.43. The summed E-state index contributed by atoms with van der Waals surface area (Å²) in [6.45, 7) is 5.96. The SMILES string of the molecule is CC(C)(C)OC(=O)[C@H](CCCCNC(=O)OCc1ccccc1)NC(=O)c1ccccc1. The van der Waals surface area contributed by atoms with Crippen LogP contribution in [0.3, 0.4) is 0 Å². The molecule has 0 aliphatic heterocycles. The molecule has 0 saturated carbocycles. The van der Waals surface area contributed by atoms with Gasteiger partial charge >= 0.3 is 12.1 Å². The Morgan fingerprint density at radius 1 is 0.906 bits per heavy atom. The van der Waals surface area contributed by atoms with Crippen LogP contribution < -0.4 is 10.6 Å². The predicted molar refractivity (Wildman–Crippen MR) is 122 cm³/mol. The van der Waals surface area contributed by atoms with Crippen LogP contribution in [0.15, 0.2) is 60.7 Å². The van der Waals surface area contributed by atoms with Crippen molar-refractivity contribution in [1.82, 2.24) is 10.6 Å². The van der Waals surface area contributed by atoms with E-state index in [1.165, 1.54) is 0 Å². The summed E-state index contributed by atoms with van der Waals surface area (Å²) < 4.78 is 10.6. The van der Waals surface area contributed by atoms with Gasteiger partial charge in [-0.3, -0.25) is 4.79 Å².